The topological polar surface area (TPSA) is 29.5 Å². The van der Waals surface area contributed by atoms with Gasteiger partial charge in [-0.3, -0.25) is 0 Å². The molecule has 2 heteroatoms. The Balaban J connectivity index is 2.21. The van der Waals surface area contributed by atoms with E-state index in [0.29, 0.717) is 11.7 Å². The van der Waals surface area contributed by atoms with Gasteiger partial charge in [-0.25, -0.2) is 0 Å². The van der Waals surface area contributed by atoms with Crippen LogP contribution in [0.25, 0.3) is 0 Å². The van der Waals surface area contributed by atoms with E-state index in [1.807, 2.05) is 12.1 Å². The van der Waals surface area contributed by atoms with Crippen LogP contribution in [0.1, 0.15) is 37.7 Å². The van der Waals surface area contributed by atoms with Crippen molar-refractivity contribution in [2.45, 2.75) is 32.1 Å². The van der Waals surface area contributed by atoms with Crippen molar-refractivity contribution in [2.24, 2.45) is 5.92 Å². The van der Waals surface area contributed by atoms with E-state index >= 15 is 0 Å². The molecule has 1 fully saturated rings. The van der Waals surface area contributed by atoms with Crippen molar-refractivity contribution in [3.05, 3.63) is 23.8 Å². The van der Waals surface area contributed by atoms with Gasteiger partial charge in [-0.15, -0.1) is 0 Å². The Morgan fingerprint density at radius 3 is 2.73 bits per heavy atom. The third-order valence-corrected chi connectivity index (χ3v) is 3.37. The molecule has 1 aliphatic carbocycles. The van der Waals surface area contributed by atoms with Crippen molar-refractivity contribution in [1.29, 1.82) is 0 Å². The zero-order valence-corrected chi connectivity index (χ0v) is 9.36. The lowest BCUT2D eigenvalue weighted by atomic mass is 9.96. The molecule has 0 bridgehead atoms. The second kappa shape index (κ2) is 4.13. The summed E-state index contributed by atoms with van der Waals surface area (Å²) < 4.78 is 5.12. The lowest BCUT2D eigenvalue weighted by molar-refractivity contribution is 0.372. The van der Waals surface area contributed by atoms with E-state index in [0.717, 1.165) is 5.92 Å². The number of benzene rings is 1. The Kier molecular flexibility index (Phi) is 2.85. The highest BCUT2D eigenvalue weighted by Crippen LogP contribution is 2.40. The number of rotatable bonds is 2. The summed E-state index contributed by atoms with van der Waals surface area (Å²) >= 11 is 0. The van der Waals surface area contributed by atoms with E-state index < -0.39 is 0 Å². The van der Waals surface area contributed by atoms with Crippen LogP contribution < -0.4 is 4.74 Å². The highest BCUT2D eigenvalue weighted by molar-refractivity contribution is 5.43. The highest BCUT2D eigenvalue weighted by atomic mass is 16.5. The summed E-state index contributed by atoms with van der Waals surface area (Å²) in [4.78, 5) is 0. The van der Waals surface area contributed by atoms with Crippen LogP contribution in [-0.4, -0.2) is 12.2 Å². The Bertz CT molecular complexity index is 346. The number of aromatic hydroxyl groups is 1. The summed E-state index contributed by atoms with van der Waals surface area (Å²) in [6, 6.07) is 5.72. The molecule has 0 spiro atoms. The first kappa shape index (κ1) is 10.3. The molecule has 1 saturated carbocycles. The molecule has 2 rings (SSSR count). The standard InChI is InChI=1S/C13H18O2/c1-9-3-4-10(7-9)11-5-6-12(14)13(8-11)15-2/h5-6,8-10,14H,3-4,7H2,1-2H3/t9-,10-/m0/s1. The minimum atomic E-state index is 0.229. The predicted molar refractivity (Wildman–Crippen MR) is 60.4 cm³/mol. The van der Waals surface area contributed by atoms with Gasteiger partial charge in [0.1, 0.15) is 0 Å². The monoisotopic (exact) mass is 206 g/mol. The van der Waals surface area contributed by atoms with E-state index in [2.05, 4.69) is 6.92 Å². The minimum absolute atomic E-state index is 0.229. The number of phenolic OH excluding ortho intramolecular Hbond substituents is 1. The molecule has 0 heterocycles. The largest absolute Gasteiger partial charge is 0.504 e. The Morgan fingerprint density at radius 2 is 2.13 bits per heavy atom. The second-order valence-corrected chi connectivity index (χ2v) is 4.55. The number of hydrogen-bond donors (Lipinski definition) is 1. The van der Waals surface area contributed by atoms with Crippen LogP contribution in [0.2, 0.25) is 0 Å². The maximum atomic E-state index is 9.50. The molecule has 0 aliphatic heterocycles. The average Bonchev–Trinajstić information content (AvgIpc) is 2.66. The first-order chi connectivity index (χ1) is 7.20. The number of hydrogen-bond acceptors (Lipinski definition) is 2. The van der Waals surface area contributed by atoms with E-state index in [4.69, 9.17) is 4.74 Å². The fourth-order valence-corrected chi connectivity index (χ4v) is 2.46. The van der Waals surface area contributed by atoms with Gasteiger partial charge in [0, 0.05) is 0 Å². The molecule has 1 aromatic carbocycles. The van der Waals surface area contributed by atoms with Gasteiger partial charge in [-0.2, -0.15) is 0 Å². The van der Waals surface area contributed by atoms with Crippen LogP contribution >= 0.6 is 0 Å². The molecule has 0 aromatic heterocycles. The summed E-state index contributed by atoms with van der Waals surface area (Å²) in [7, 11) is 1.59. The number of phenols is 1. The molecular weight excluding hydrogens is 188 g/mol. The van der Waals surface area contributed by atoms with E-state index in [1.54, 1.807) is 13.2 Å². The summed E-state index contributed by atoms with van der Waals surface area (Å²) in [6.45, 7) is 2.30. The van der Waals surface area contributed by atoms with Gasteiger partial charge in [0.2, 0.25) is 0 Å². The molecule has 0 saturated heterocycles. The van der Waals surface area contributed by atoms with Crippen LogP contribution in [0.15, 0.2) is 18.2 Å². The molecule has 2 nitrogen and oxygen atoms in total. The summed E-state index contributed by atoms with van der Waals surface area (Å²) in [6.07, 6.45) is 3.83. The molecule has 0 amide bonds. The SMILES string of the molecule is COc1cc([C@H]2CC[C@H](C)C2)ccc1O. The molecule has 1 aromatic rings. The number of ether oxygens (including phenoxy) is 1. The van der Waals surface area contributed by atoms with Crippen LogP contribution in [-0.2, 0) is 0 Å². The van der Waals surface area contributed by atoms with Crippen LogP contribution in [0.4, 0.5) is 0 Å². The van der Waals surface area contributed by atoms with E-state index in [1.165, 1.54) is 24.8 Å². The van der Waals surface area contributed by atoms with Crippen molar-refractivity contribution >= 4 is 0 Å². The molecule has 0 unspecified atom stereocenters. The van der Waals surface area contributed by atoms with Crippen LogP contribution in [0, 0.1) is 5.92 Å². The van der Waals surface area contributed by atoms with Crippen LogP contribution in [0.5, 0.6) is 11.5 Å². The summed E-state index contributed by atoms with van der Waals surface area (Å²) in [5.41, 5.74) is 1.30. The van der Waals surface area contributed by atoms with Crippen molar-refractivity contribution in [3.63, 3.8) is 0 Å². The van der Waals surface area contributed by atoms with E-state index in [-0.39, 0.29) is 5.75 Å². The van der Waals surface area contributed by atoms with Crippen molar-refractivity contribution in [3.8, 4) is 11.5 Å². The fraction of sp³-hybridized carbons (Fsp3) is 0.538. The maximum absolute atomic E-state index is 9.50. The zero-order valence-electron chi connectivity index (χ0n) is 9.36. The molecule has 1 aliphatic rings. The van der Waals surface area contributed by atoms with Crippen molar-refractivity contribution in [2.75, 3.05) is 7.11 Å². The molecule has 1 N–H and O–H groups in total. The second-order valence-electron chi connectivity index (χ2n) is 4.55. The summed E-state index contributed by atoms with van der Waals surface area (Å²) in [5.74, 6) is 2.30. The molecule has 2 atom stereocenters. The van der Waals surface area contributed by atoms with Gasteiger partial charge in [0.05, 0.1) is 7.11 Å². The molecule has 82 valence electrons. The normalized spacial score (nSPS) is 25.5. The smallest absolute Gasteiger partial charge is 0.160 e. The van der Waals surface area contributed by atoms with Gasteiger partial charge in [0.15, 0.2) is 11.5 Å². The Labute approximate surface area is 90.9 Å². The zero-order chi connectivity index (χ0) is 10.8. The van der Waals surface area contributed by atoms with Crippen LogP contribution in [0.3, 0.4) is 0 Å². The van der Waals surface area contributed by atoms with Gasteiger partial charge in [-0.1, -0.05) is 19.4 Å². The average molecular weight is 206 g/mol. The lowest BCUT2D eigenvalue weighted by Crippen LogP contribution is -1.94. The van der Waals surface area contributed by atoms with Gasteiger partial charge >= 0.3 is 0 Å². The van der Waals surface area contributed by atoms with Gasteiger partial charge < -0.3 is 9.84 Å². The van der Waals surface area contributed by atoms with Gasteiger partial charge in [0.25, 0.3) is 0 Å². The molecule has 15 heavy (non-hydrogen) atoms. The number of methoxy groups -OCH3 is 1. The Hall–Kier alpha value is -1.18. The van der Waals surface area contributed by atoms with Gasteiger partial charge in [-0.05, 0) is 42.4 Å². The highest BCUT2D eigenvalue weighted by Gasteiger charge is 2.23. The van der Waals surface area contributed by atoms with E-state index in [9.17, 15) is 5.11 Å². The minimum Gasteiger partial charge on any atom is -0.504 e. The van der Waals surface area contributed by atoms with Crippen molar-refractivity contribution in [1.82, 2.24) is 0 Å². The predicted octanol–water partition coefficient (Wildman–Crippen LogP) is 3.30. The Morgan fingerprint density at radius 1 is 1.33 bits per heavy atom. The maximum Gasteiger partial charge on any atom is 0.160 e. The fourth-order valence-electron chi connectivity index (χ4n) is 2.46. The summed E-state index contributed by atoms with van der Waals surface area (Å²) in [5, 5.41) is 9.50. The first-order valence-electron chi connectivity index (χ1n) is 5.57. The quantitative estimate of drug-likeness (QED) is 0.804. The molecule has 0 radical (unpaired) electrons. The molecular formula is C13H18O2. The lowest BCUT2D eigenvalue weighted by Gasteiger charge is -2.12. The third kappa shape index (κ3) is 2.09. The van der Waals surface area contributed by atoms with Crippen molar-refractivity contribution < 1.29 is 9.84 Å². The third-order valence-electron chi connectivity index (χ3n) is 3.37. The first-order valence-corrected chi connectivity index (χ1v) is 5.57.